The lowest BCUT2D eigenvalue weighted by Crippen LogP contribution is -2.05. The first-order chi connectivity index (χ1) is 8.08. The van der Waals surface area contributed by atoms with Crippen LogP contribution in [0, 0.1) is 0 Å². The van der Waals surface area contributed by atoms with Crippen molar-refractivity contribution >= 4 is 33.6 Å². The lowest BCUT2D eigenvalue weighted by molar-refractivity contribution is -0.131. The van der Waals surface area contributed by atoms with Crippen LogP contribution >= 0.6 is 11.6 Å². The molecule has 0 radical (unpaired) electrons. The van der Waals surface area contributed by atoms with Crippen LogP contribution in [-0.2, 0) is 4.79 Å². The highest BCUT2D eigenvalue weighted by Gasteiger charge is 2.13. The molecule has 0 spiro atoms. The van der Waals surface area contributed by atoms with E-state index < -0.39 is 11.2 Å². The van der Waals surface area contributed by atoms with Gasteiger partial charge in [0.15, 0.2) is 0 Å². The Kier molecular flexibility index (Phi) is 3.11. The minimum Gasteiger partial charge on any atom is -0.426 e. The van der Waals surface area contributed by atoms with E-state index in [0.29, 0.717) is 0 Å². The van der Waals surface area contributed by atoms with Crippen molar-refractivity contribution in [2.75, 3.05) is 0 Å². The van der Waals surface area contributed by atoms with Gasteiger partial charge in [0, 0.05) is 6.92 Å². The first-order valence-electron chi connectivity index (χ1n) is 4.99. The van der Waals surface area contributed by atoms with E-state index in [1.165, 1.54) is 6.92 Å². The number of benzene rings is 2. The average molecular weight is 249 g/mol. The van der Waals surface area contributed by atoms with Crippen molar-refractivity contribution in [2.45, 2.75) is 6.92 Å². The zero-order valence-electron chi connectivity index (χ0n) is 9.07. The minimum absolute atomic E-state index is 0.191. The maximum atomic E-state index is 11.3. The molecule has 17 heavy (non-hydrogen) atoms. The van der Waals surface area contributed by atoms with Crippen molar-refractivity contribution in [3.05, 3.63) is 42.0 Å². The second-order valence-corrected chi connectivity index (χ2v) is 3.91. The fraction of sp³-hybridized carbons (Fsp3) is 0.0769. The van der Waals surface area contributed by atoms with Gasteiger partial charge >= 0.3 is 5.97 Å². The Labute approximate surface area is 103 Å². The molecule has 0 N–H and O–H groups in total. The highest BCUT2D eigenvalue weighted by molar-refractivity contribution is 6.68. The number of esters is 1. The van der Waals surface area contributed by atoms with Gasteiger partial charge in [-0.3, -0.25) is 9.59 Å². The fourth-order valence-corrected chi connectivity index (χ4v) is 1.76. The van der Waals surface area contributed by atoms with Crippen LogP contribution in [-0.4, -0.2) is 11.2 Å². The smallest absolute Gasteiger partial charge is 0.308 e. The molecule has 2 rings (SSSR count). The van der Waals surface area contributed by atoms with E-state index in [9.17, 15) is 9.59 Å². The van der Waals surface area contributed by atoms with Gasteiger partial charge in [0.2, 0.25) is 0 Å². The third kappa shape index (κ3) is 2.45. The van der Waals surface area contributed by atoms with Crippen molar-refractivity contribution in [1.82, 2.24) is 0 Å². The topological polar surface area (TPSA) is 43.4 Å². The molecule has 4 heteroatoms. The van der Waals surface area contributed by atoms with Crippen molar-refractivity contribution in [3.63, 3.8) is 0 Å². The second-order valence-electron chi connectivity index (χ2n) is 3.56. The van der Waals surface area contributed by atoms with E-state index in [1.54, 1.807) is 12.1 Å². The minimum atomic E-state index is -0.646. The molecule has 0 amide bonds. The predicted octanol–water partition coefficient (Wildman–Crippen LogP) is 3.14. The van der Waals surface area contributed by atoms with E-state index in [2.05, 4.69) is 0 Å². The quantitative estimate of drug-likeness (QED) is 0.466. The molecular weight excluding hydrogens is 240 g/mol. The Morgan fingerprint density at radius 1 is 1.12 bits per heavy atom. The van der Waals surface area contributed by atoms with Crippen LogP contribution in [0.5, 0.6) is 5.75 Å². The number of fused-ring (bicyclic) bond motifs is 1. The molecule has 2 aromatic rings. The summed E-state index contributed by atoms with van der Waals surface area (Å²) in [6, 6.07) is 10.7. The summed E-state index contributed by atoms with van der Waals surface area (Å²) in [6.07, 6.45) is 0. The Bertz CT molecular complexity index is 605. The lowest BCUT2D eigenvalue weighted by Gasteiger charge is -2.07. The molecule has 0 aliphatic heterocycles. The van der Waals surface area contributed by atoms with Gasteiger partial charge in [0.1, 0.15) is 5.75 Å². The Morgan fingerprint density at radius 2 is 1.71 bits per heavy atom. The van der Waals surface area contributed by atoms with E-state index in [4.69, 9.17) is 16.3 Å². The van der Waals surface area contributed by atoms with Crippen LogP contribution in [0.4, 0.5) is 0 Å². The molecule has 0 bridgehead atoms. The molecule has 3 nitrogen and oxygen atoms in total. The summed E-state index contributed by atoms with van der Waals surface area (Å²) >= 11 is 5.46. The molecule has 2 aromatic carbocycles. The SMILES string of the molecule is CC(=O)Oc1cc2ccccc2cc1C(=O)Cl. The summed E-state index contributed by atoms with van der Waals surface area (Å²) in [6.45, 7) is 1.28. The normalized spacial score (nSPS) is 10.2. The van der Waals surface area contributed by atoms with Gasteiger partial charge in [-0.25, -0.2) is 0 Å². The Morgan fingerprint density at radius 3 is 2.24 bits per heavy atom. The van der Waals surface area contributed by atoms with E-state index in [-0.39, 0.29) is 11.3 Å². The summed E-state index contributed by atoms with van der Waals surface area (Å²) in [5.41, 5.74) is 0.195. The Hall–Kier alpha value is -1.87. The number of rotatable bonds is 2. The highest BCUT2D eigenvalue weighted by atomic mass is 35.5. The third-order valence-corrected chi connectivity index (χ3v) is 2.52. The number of carbonyl (C=O) groups excluding carboxylic acids is 2. The first-order valence-corrected chi connectivity index (χ1v) is 5.37. The molecule has 0 heterocycles. The number of carbonyl (C=O) groups is 2. The summed E-state index contributed by atoms with van der Waals surface area (Å²) in [4.78, 5) is 22.2. The van der Waals surface area contributed by atoms with Gasteiger partial charge in [-0.2, -0.15) is 0 Å². The van der Waals surface area contributed by atoms with Crippen molar-refractivity contribution in [1.29, 1.82) is 0 Å². The molecule has 0 aliphatic carbocycles. The number of ether oxygens (including phenoxy) is 1. The monoisotopic (exact) mass is 248 g/mol. The first kappa shape index (κ1) is 11.6. The zero-order chi connectivity index (χ0) is 12.4. The van der Waals surface area contributed by atoms with Gasteiger partial charge in [-0.15, -0.1) is 0 Å². The molecule has 0 saturated heterocycles. The molecule has 0 aliphatic rings. The molecule has 0 unspecified atom stereocenters. The van der Waals surface area contributed by atoms with Crippen LogP contribution in [0.15, 0.2) is 36.4 Å². The van der Waals surface area contributed by atoms with Crippen LogP contribution in [0.3, 0.4) is 0 Å². The van der Waals surface area contributed by atoms with Crippen LogP contribution in [0.2, 0.25) is 0 Å². The van der Waals surface area contributed by atoms with Gasteiger partial charge < -0.3 is 4.74 Å². The Balaban J connectivity index is 2.66. The highest BCUT2D eigenvalue weighted by Crippen LogP contribution is 2.27. The zero-order valence-corrected chi connectivity index (χ0v) is 9.82. The molecule has 0 fully saturated rings. The molecule has 0 saturated carbocycles. The van der Waals surface area contributed by atoms with Gasteiger partial charge in [-0.05, 0) is 34.5 Å². The van der Waals surface area contributed by atoms with Crippen molar-refractivity contribution in [3.8, 4) is 5.75 Å². The predicted molar refractivity (Wildman–Crippen MR) is 65.4 cm³/mol. The molecule has 0 aromatic heterocycles. The van der Waals surface area contributed by atoms with Crippen LogP contribution in [0.25, 0.3) is 10.8 Å². The number of halogens is 1. The van der Waals surface area contributed by atoms with Gasteiger partial charge in [0.05, 0.1) is 5.56 Å². The summed E-state index contributed by atoms with van der Waals surface area (Å²) in [7, 11) is 0. The number of hydrogen-bond acceptors (Lipinski definition) is 3. The van der Waals surface area contributed by atoms with Crippen molar-refractivity contribution < 1.29 is 14.3 Å². The van der Waals surface area contributed by atoms with E-state index in [1.807, 2.05) is 24.3 Å². The van der Waals surface area contributed by atoms with E-state index in [0.717, 1.165) is 10.8 Å². The largest absolute Gasteiger partial charge is 0.426 e. The summed E-state index contributed by atoms with van der Waals surface area (Å²) < 4.78 is 4.97. The van der Waals surface area contributed by atoms with E-state index >= 15 is 0 Å². The van der Waals surface area contributed by atoms with Gasteiger partial charge in [-0.1, -0.05) is 24.3 Å². The molecular formula is C13H9ClO3. The standard InChI is InChI=1S/C13H9ClO3/c1-8(15)17-12-7-10-5-3-2-4-9(10)6-11(12)13(14)16/h2-7H,1H3. The summed E-state index contributed by atoms with van der Waals surface area (Å²) in [5, 5.41) is 1.10. The van der Waals surface area contributed by atoms with Crippen LogP contribution < -0.4 is 4.74 Å². The maximum absolute atomic E-state index is 11.3. The maximum Gasteiger partial charge on any atom is 0.308 e. The molecule has 0 atom stereocenters. The van der Waals surface area contributed by atoms with Gasteiger partial charge in [0.25, 0.3) is 5.24 Å². The summed E-state index contributed by atoms with van der Waals surface area (Å²) in [5.74, 6) is -0.296. The van der Waals surface area contributed by atoms with Crippen LogP contribution in [0.1, 0.15) is 17.3 Å². The number of hydrogen-bond donors (Lipinski definition) is 0. The second kappa shape index (κ2) is 4.55. The third-order valence-electron chi connectivity index (χ3n) is 2.31. The molecule has 86 valence electrons. The fourth-order valence-electron chi connectivity index (χ4n) is 1.61. The van der Waals surface area contributed by atoms with Crippen molar-refractivity contribution in [2.24, 2.45) is 0 Å². The lowest BCUT2D eigenvalue weighted by atomic mass is 10.1. The average Bonchev–Trinajstić information content (AvgIpc) is 2.27.